The number of carbonyl (C=O) groups excluding carboxylic acids is 3. The fraction of sp³-hybridized carbons (Fsp3) is 0.452. The first kappa shape index (κ1) is 38.5. The molecule has 7 heterocycles. The summed E-state index contributed by atoms with van der Waals surface area (Å²) in [4.78, 5) is 54.0. The molecule has 4 unspecified atom stereocenters. The molecular weight excluding hydrogens is 728 g/mol. The number of quaternary nitrogens is 1. The van der Waals surface area contributed by atoms with Gasteiger partial charge in [0.1, 0.15) is 23.9 Å². The first-order valence-electron chi connectivity index (χ1n) is 20.0. The first-order valence-corrected chi connectivity index (χ1v) is 20.0. The summed E-state index contributed by atoms with van der Waals surface area (Å²) in [5, 5.41) is 19.2. The summed E-state index contributed by atoms with van der Waals surface area (Å²) in [6.07, 6.45) is 10.3. The third-order valence-electron chi connectivity index (χ3n) is 11.8. The number of amides is 3. The molecule has 3 N–H and O–H groups in total. The van der Waals surface area contributed by atoms with E-state index in [9.17, 15) is 24.0 Å². The van der Waals surface area contributed by atoms with E-state index in [4.69, 9.17) is 4.98 Å². The van der Waals surface area contributed by atoms with E-state index in [1.807, 2.05) is 42.1 Å². The van der Waals surface area contributed by atoms with Crippen molar-refractivity contribution in [3.05, 3.63) is 88.8 Å². The van der Waals surface area contributed by atoms with E-state index in [-0.39, 0.29) is 31.3 Å². The van der Waals surface area contributed by atoms with Gasteiger partial charge >= 0.3 is 5.91 Å². The van der Waals surface area contributed by atoms with Crippen molar-refractivity contribution in [1.82, 2.24) is 29.8 Å². The number of anilines is 2. The Bertz CT molecular complexity index is 2180. The molecule has 0 spiro atoms. The number of pyridine rings is 1. The lowest BCUT2D eigenvalue weighted by atomic mass is 10.0. The lowest BCUT2D eigenvalue weighted by Crippen LogP contribution is -2.60. The highest BCUT2D eigenvalue weighted by molar-refractivity contribution is 6.02. The van der Waals surface area contributed by atoms with Gasteiger partial charge in [0.25, 0.3) is 5.91 Å². The molecule has 3 aromatic rings. The highest BCUT2D eigenvalue weighted by Crippen LogP contribution is 2.36. The Morgan fingerprint density at radius 2 is 1.98 bits per heavy atom. The largest absolute Gasteiger partial charge is 0.624 e. The molecule has 4 atom stereocenters. The number of nitrogens with zero attached hydrogens (tertiary/aromatic N) is 7. The van der Waals surface area contributed by atoms with Gasteiger partial charge in [0.2, 0.25) is 11.7 Å². The number of imidazole rings is 1. The Labute approximate surface area is 331 Å². The number of halogens is 1. The topological polar surface area (TPSA) is 151 Å². The molecule has 57 heavy (non-hydrogen) atoms. The highest BCUT2D eigenvalue weighted by atomic mass is 19.1. The van der Waals surface area contributed by atoms with Crippen LogP contribution in [0.3, 0.4) is 0 Å². The molecule has 5 aliphatic rings. The number of aromatic nitrogens is 3. The van der Waals surface area contributed by atoms with Crippen LogP contribution in [0.5, 0.6) is 0 Å². The van der Waals surface area contributed by atoms with E-state index in [0.29, 0.717) is 29.9 Å². The molecule has 1 aromatic carbocycles. The van der Waals surface area contributed by atoms with E-state index < -0.39 is 34.1 Å². The summed E-state index contributed by atoms with van der Waals surface area (Å²) < 4.78 is 14.9. The van der Waals surface area contributed by atoms with Gasteiger partial charge in [0.15, 0.2) is 11.7 Å². The standard InChI is InChI=1S/C42H49FN10O4/c1-3-7-30(43)12-14-32-8-5-21-51(32)42(2)18-17-37-45-27-35(52(37)48-42)34-9-4-10-38(46-34)50-24-22-49(23-25-50)20-6-19-44-31-13-11-29-28-53(57,41(56)33(29)26-31)36-15-16-39(54)47-40(36)55/h3-4,7,9-13,26-27,32,36,44,48H,5-6,8,14-16,19-25,28H2,1-2H3,(H,47,54,55)/b7-3-,30-12+. The SMILES string of the molecule is C/C=C\C(F)=C/CC1CCCN1C1(C)C#Cc2ncc(-c3cccc(N4CCN(CCCNc5ccc6c(c5)C(=O)[N+]([O-])(C5CCC(=O)NC5=O)C6)CC4)n3)n2N1. The number of hydroxylamine groups is 3. The van der Waals surface area contributed by atoms with E-state index in [1.54, 1.807) is 24.3 Å². The second-order valence-electron chi connectivity index (χ2n) is 15.6. The van der Waals surface area contributed by atoms with Crippen molar-refractivity contribution < 1.29 is 23.4 Å². The van der Waals surface area contributed by atoms with Gasteiger partial charge in [-0.2, -0.15) is 0 Å². The summed E-state index contributed by atoms with van der Waals surface area (Å²) in [6.45, 7) is 9.72. The number of likely N-dealkylation sites (tertiary alicyclic amines) is 1. The number of piperidine rings is 1. The Morgan fingerprint density at radius 3 is 2.79 bits per heavy atom. The molecule has 5 aliphatic heterocycles. The molecule has 3 saturated heterocycles. The fourth-order valence-electron chi connectivity index (χ4n) is 8.80. The molecular formula is C42H49FN10O4. The number of nitrogens with one attached hydrogen (secondary N) is 3. The van der Waals surface area contributed by atoms with Crippen LogP contribution in [0.2, 0.25) is 0 Å². The van der Waals surface area contributed by atoms with Gasteiger partial charge in [-0.1, -0.05) is 18.2 Å². The number of allylic oxidation sites excluding steroid dienone is 3. The number of rotatable bonds is 12. The van der Waals surface area contributed by atoms with Crippen molar-refractivity contribution in [3.63, 3.8) is 0 Å². The predicted octanol–water partition coefficient (Wildman–Crippen LogP) is 4.25. The number of hydrogen-bond donors (Lipinski definition) is 3. The summed E-state index contributed by atoms with van der Waals surface area (Å²) in [7, 11) is 0. The summed E-state index contributed by atoms with van der Waals surface area (Å²) in [6, 6.07) is 10.5. The van der Waals surface area contributed by atoms with Crippen molar-refractivity contribution in [2.75, 3.05) is 61.5 Å². The van der Waals surface area contributed by atoms with Crippen molar-refractivity contribution in [1.29, 1.82) is 0 Å². The minimum absolute atomic E-state index is 0.0545. The number of benzene rings is 1. The van der Waals surface area contributed by atoms with Crippen LogP contribution in [0.1, 0.15) is 74.1 Å². The molecule has 0 radical (unpaired) electrons. The Morgan fingerprint density at radius 1 is 1.14 bits per heavy atom. The minimum Gasteiger partial charge on any atom is -0.624 e. The van der Waals surface area contributed by atoms with Crippen molar-refractivity contribution in [2.24, 2.45) is 0 Å². The molecule has 0 saturated carbocycles. The molecule has 0 aliphatic carbocycles. The van der Waals surface area contributed by atoms with Gasteiger partial charge in [0, 0.05) is 69.4 Å². The van der Waals surface area contributed by atoms with Crippen molar-refractivity contribution in [2.45, 2.75) is 76.7 Å². The summed E-state index contributed by atoms with van der Waals surface area (Å²) in [5.74, 6) is 6.27. The maximum Gasteiger partial charge on any atom is 0.347 e. The van der Waals surface area contributed by atoms with Crippen LogP contribution in [0.4, 0.5) is 15.9 Å². The molecule has 14 nitrogen and oxygen atoms in total. The predicted molar refractivity (Wildman–Crippen MR) is 214 cm³/mol. The molecule has 298 valence electrons. The third-order valence-corrected chi connectivity index (χ3v) is 11.8. The van der Waals surface area contributed by atoms with Gasteiger partial charge in [0.05, 0.1) is 17.5 Å². The number of carbonyl (C=O) groups is 3. The number of hydrogen-bond acceptors (Lipinski definition) is 11. The smallest absolute Gasteiger partial charge is 0.347 e. The second kappa shape index (κ2) is 15.9. The van der Waals surface area contributed by atoms with E-state index in [1.165, 1.54) is 6.08 Å². The number of piperazine rings is 1. The zero-order chi connectivity index (χ0) is 39.7. The van der Waals surface area contributed by atoms with Gasteiger partial charge in [-0.3, -0.25) is 34.8 Å². The number of imide groups is 1. The maximum absolute atomic E-state index is 14.2. The van der Waals surface area contributed by atoms with E-state index >= 15 is 0 Å². The number of fused-ring (bicyclic) bond motifs is 2. The normalized spacial score (nSPS) is 26.6. The average molecular weight is 777 g/mol. The van der Waals surface area contributed by atoms with Gasteiger partial charge in [-0.15, -0.1) is 0 Å². The second-order valence-corrected chi connectivity index (χ2v) is 15.6. The maximum atomic E-state index is 14.2. The van der Waals surface area contributed by atoms with Crippen molar-refractivity contribution >= 4 is 29.2 Å². The van der Waals surface area contributed by atoms with Crippen LogP contribution < -0.4 is 21.0 Å². The lowest BCUT2D eigenvalue weighted by molar-refractivity contribution is -0.825. The molecule has 15 heteroatoms. The Balaban J connectivity index is 0.829. The zero-order valence-electron chi connectivity index (χ0n) is 32.5. The molecule has 0 bridgehead atoms. The van der Waals surface area contributed by atoms with E-state index in [0.717, 1.165) is 81.4 Å². The average Bonchev–Trinajstić information content (AvgIpc) is 3.92. The Kier molecular flexibility index (Phi) is 10.7. The van der Waals surface area contributed by atoms with Crippen molar-refractivity contribution in [3.8, 4) is 23.2 Å². The van der Waals surface area contributed by atoms with E-state index in [2.05, 4.69) is 54.5 Å². The van der Waals surface area contributed by atoms with Gasteiger partial charge in [-0.05, 0) is 94.3 Å². The molecule has 2 aromatic heterocycles. The van der Waals surface area contributed by atoms with Crippen LogP contribution in [-0.4, -0.2) is 110 Å². The van der Waals surface area contributed by atoms with Crippen LogP contribution in [-0.2, 0) is 16.1 Å². The third kappa shape index (κ3) is 7.70. The summed E-state index contributed by atoms with van der Waals surface area (Å²) >= 11 is 0. The van der Waals surface area contributed by atoms with Crippen LogP contribution >= 0.6 is 0 Å². The molecule has 3 amide bonds. The zero-order valence-corrected chi connectivity index (χ0v) is 32.5. The molecule has 3 fully saturated rings. The fourth-order valence-corrected chi connectivity index (χ4v) is 8.80. The van der Waals surface area contributed by atoms with Crippen LogP contribution in [0.15, 0.2) is 66.6 Å². The quantitative estimate of drug-likeness (QED) is 0.0605. The first-order chi connectivity index (χ1) is 27.5. The lowest BCUT2D eigenvalue weighted by Gasteiger charge is -2.42. The minimum atomic E-state index is -1.28. The van der Waals surface area contributed by atoms with Crippen LogP contribution in [0, 0.1) is 17.0 Å². The highest BCUT2D eigenvalue weighted by Gasteiger charge is 2.49. The summed E-state index contributed by atoms with van der Waals surface area (Å²) in [5.41, 5.74) is 6.34. The Hall–Kier alpha value is -5.40. The van der Waals surface area contributed by atoms with Gasteiger partial charge in [-0.25, -0.2) is 23.8 Å². The van der Waals surface area contributed by atoms with Gasteiger partial charge < -0.3 is 15.4 Å². The molecule has 8 rings (SSSR count). The monoisotopic (exact) mass is 776 g/mol. The van der Waals surface area contributed by atoms with Crippen LogP contribution in [0.25, 0.3) is 11.4 Å².